The topological polar surface area (TPSA) is 0 Å². The molecule has 1 saturated carbocycles. The van der Waals surface area contributed by atoms with Crippen LogP contribution in [0, 0.1) is 35.0 Å². The molecule has 0 aliphatic heterocycles. The van der Waals surface area contributed by atoms with Gasteiger partial charge in [0.15, 0.2) is 0 Å². The van der Waals surface area contributed by atoms with Crippen LogP contribution in [0.25, 0.3) is 0 Å². The van der Waals surface area contributed by atoms with Crippen molar-refractivity contribution in [2.45, 2.75) is 54.9 Å². The molecule has 84 valence electrons. The molecule has 1 fully saturated rings. The standard InChI is InChI=1S/C14H28/c1-9(2)12(7)14(11(5)6)8-13(14)10(3)4/h9-13H,8H2,1-7H3. The Morgan fingerprint density at radius 3 is 1.64 bits per heavy atom. The van der Waals surface area contributed by atoms with Crippen LogP contribution in [0.2, 0.25) is 0 Å². The van der Waals surface area contributed by atoms with Gasteiger partial charge in [-0.15, -0.1) is 0 Å². The van der Waals surface area contributed by atoms with Gasteiger partial charge in [-0.25, -0.2) is 0 Å². The molecule has 1 rings (SSSR count). The van der Waals surface area contributed by atoms with Gasteiger partial charge in [-0.2, -0.15) is 0 Å². The highest BCUT2D eigenvalue weighted by molar-refractivity contribution is 5.08. The quantitative estimate of drug-likeness (QED) is 0.616. The van der Waals surface area contributed by atoms with E-state index in [1.807, 2.05) is 0 Å². The minimum Gasteiger partial charge on any atom is -0.0625 e. The maximum atomic E-state index is 2.47. The molecule has 0 amide bonds. The lowest BCUT2D eigenvalue weighted by atomic mass is 9.72. The van der Waals surface area contributed by atoms with Crippen molar-refractivity contribution in [2.24, 2.45) is 35.0 Å². The van der Waals surface area contributed by atoms with Crippen LogP contribution in [0.15, 0.2) is 0 Å². The Balaban J connectivity index is 2.78. The lowest BCUT2D eigenvalue weighted by Crippen LogP contribution is -2.27. The van der Waals surface area contributed by atoms with Gasteiger partial charge in [0.05, 0.1) is 0 Å². The summed E-state index contributed by atoms with van der Waals surface area (Å²) < 4.78 is 0. The fraction of sp³-hybridized carbons (Fsp3) is 1.00. The Labute approximate surface area is 90.5 Å². The van der Waals surface area contributed by atoms with E-state index in [9.17, 15) is 0 Å². The fourth-order valence-corrected chi connectivity index (χ4v) is 3.51. The largest absolute Gasteiger partial charge is 0.0625 e. The maximum absolute atomic E-state index is 2.47. The first-order valence-electron chi connectivity index (χ1n) is 6.34. The summed E-state index contributed by atoms with van der Waals surface area (Å²) in [6.45, 7) is 16.8. The van der Waals surface area contributed by atoms with Crippen LogP contribution >= 0.6 is 0 Å². The molecule has 0 aromatic rings. The summed E-state index contributed by atoms with van der Waals surface area (Å²) in [7, 11) is 0. The minimum atomic E-state index is 0.669. The highest BCUT2D eigenvalue weighted by atomic mass is 14.6. The minimum absolute atomic E-state index is 0.669. The van der Waals surface area contributed by atoms with Crippen molar-refractivity contribution >= 4 is 0 Å². The number of hydrogen-bond acceptors (Lipinski definition) is 0. The van der Waals surface area contributed by atoms with Crippen molar-refractivity contribution in [3.05, 3.63) is 0 Å². The number of hydrogen-bond donors (Lipinski definition) is 0. The predicted octanol–water partition coefficient (Wildman–Crippen LogP) is 4.60. The van der Waals surface area contributed by atoms with E-state index in [-0.39, 0.29) is 0 Å². The molecule has 0 aromatic carbocycles. The highest BCUT2D eigenvalue weighted by Gasteiger charge is 2.59. The van der Waals surface area contributed by atoms with E-state index >= 15 is 0 Å². The molecule has 0 saturated heterocycles. The molecule has 3 atom stereocenters. The van der Waals surface area contributed by atoms with Crippen LogP contribution in [0.4, 0.5) is 0 Å². The SMILES string of the molecule is CC(C)C(C)C1(C(C)C)CC1C(C)C. The molecule has 14 heavy (non-hydrogen) atoms. The molecular weight excluding hydrogens is 168 g/mol. The van der Waals surface area contributed by atoms with Gasteiger partial charge < -0.3 is 0 Å². The summed E-state index contributed by atoms with van der Waals surface area (Å²) in [5.74, 6) is 4.43. The lowest BCUT2D eigenvalue weighted by molar-refractivity contribution is 0.155. The van der Waals surface area contributed by atoms with E-state index in [2.05, 4.69) is 48.5 Å². The highest BCUT2D eigenvalue weighted by Crippen LogP contribution is 2.66. The summed E-state index contributed by atoms with van der Waals surface area (Å²) in [6, 6.07) is 0. The van der Waals surface area contributed by atoms with Crippen molar-refractivity contribution in [3.8, 4) is 0 Å². The molecule has 0 heteroatoms. The predicted molar refractivity (Wildman–Crippen MR) is 64.2 cm³/mol. The monoisotopic (exact) mass is 196 g/mol. The van der Waals surface area contributed by atoms with Gasteiger partial charge in [0.25, 0.3) is 0 Å². The Morgan fingerprint density at radius 2 is 1.43 bits per heavy atom. The zero-order valence-corrected chi connectivity index (χ0v) is 11.1. The van der Waals surface area contributed by atoms with Crippen LogP contribution in [0.5, 0.6) is 0 Å². The fourth-order valence-electron chi connectivity index (χ4n) is 3.51. The molecule has 0 radical (unpaired) electrons. The molecular formula is C14H28. The first-order chi connectivity index (χ1) is 6.34. The second kappa shape index (κ2) is 3.87. The average molecular weight is 196 g/mol. The average Bonchev–Trinajstić information content (AvgIpc) is 2.78. The van der Waals surface area contributed by atoms with E-state index < -0.39 is 0 Å². The van der Waals surface area contributed by atoms with Crippen LogP contribution in [0.3, 0.4) is 0 Å². The van der Waals surface area contributed by atoms with E-state index in [1.165, 1.54) is 6.42 Å². The van der Waals surface area contributed by atoms with Gasteiger partial charge in [-0.05, 0) is 41.4 Å². The van der Waals surface area contributed by atoms with Gasteiger partial charge in [0.2, 0.25) is 0 Å². The van der Waals surface area contributed by atoms with E-state index in [4.69, 9.17) is 0 Å². The van der Waals surface area contributed by atoms with Crippen LogP contribution < -0.4 is 0 Å². The normalized spacial score (nSPS) is 34.3. The Kier molecular flexibility index (Phi) is 3.33. The first kappa shape index (κ1) is 12.1. The first-order valence-corrected chi connectivity index (χ1v) is 6.34. The molecule has 0 heterocycles. The van der Waals surface area contributed by atoms with Crippen molar-refractivity contribution in [1.29, 1.82) is 0 Å². The zero-order valence-electron chi connectivity index (χ0n) is 11.1. The third-order valence-electron chi connectivity index (χ3n) is 4.83. The molecule has 0 aromatic heterocycles. The summed E-state index contributed by atoms with van der Waals surface area (Å²) >= 11 is 0. The maximum Gasteiger partial charge on any atom is -0.0212 e. The smallest absolute Gasteiger partial charge is 0.0212 e. The molecule has 0 N–H and O–H groups in total. The molecule has 3 unspecified atom stereocenters. The van der Waals surface area contributed by atoms with Gasteiger partial charge in [-0.1, -0.05) is 48.5 Å². The summed E-state index contributed by atoms with van der Waals surface area (Å²) in [6.07, 6.45) is 1.47. The summed E-state index contributed by atoms with van der Waals surface area (Å²) in [5.41, 5.74) is 0.669. The lowest BCUT2D eigenvalue weighted by Gasteiger charge is -2.33. The van der Waals surface area contributed by atoms with Crippen molar-refractivity contribution in [1.82, 2.24) is 0 Å². The van der Waals surface area contributed by atoms with Crippen LogP contribution in [-0.2, 0) is 0 Å². The summed E-state index contributed by atoms with van der Waals surface area (Å²) in [5, 5.41) is 0. The third-order valence-corrected chi connectivity index (χ3v) is 4.83. The van der Waals surface area contributed by atoms with Crippen LogP contribution in [0.1, 0.15) is 54.9 Å². The van der Waals surface area contributed by atoms with Gasteiger partial charge in [-0.3, -0.25) is 0 Å². The molecule has 0 spiro atoms. The third kappa shape index (κ3) is 1.73. The Morgan fingerprint density at radius 1 is 0.929 bits per heavy atom. The van der Waals surface area contributed by atoms with E-state index in [0.717, 1.165) is 29.6 Å². The molecule has 1 aliphatic rings. The second-order valence-corrected chi connectivity index (χ2v) is 6.35. The van der Waals surface area contributed by atoms with Crippen LogP contribution in [-0.4, -0.2) is 0 Å². The second-order valence-electron chi connectivity index (χ2n) is 6.35. The molecule has 0 nitrogen and oxygen atoms in total. The van der Waals surface area contributed by atoms with Crippen molar-refractivity contribution < 1.29 is 0 Å². The zero-order chi connectivity index (χ0) is 11.1. The molecule has 1 aliphatic carbocycles. The molecule has 0 bridgehead atoms. The number of rotatable bonds is 4. The Hall–Kier alpha value is 0. The van der Waals surface area contributed by atoms with E-state index in [0.29, 0.717) is 5.41 Å². The van der Waals surface area contributed by atoms with Gasteiger partial charge in [0, 0.05) is 0 Å². The van der Waals surface area contributed by atoms with Crippen molar-refractivity contribution in [2.75, 3.05) is 0 Å². The summed E-state index contributed by atoms with van der Waals surface area (Å²) in [4.78, 5) is 0. The Bertz CT molecular complexity index is 190. The van der Waals surface area contributed by atoms with Gasteiger partial charge in [0.1, 0.15) is 0 Å². The van der Waals surface area contributed by atoms with Gasteiger partial charge >= 0.3 is 0 Å². The van der Waals surface area contributed by atoms with E-state index in [1.54, 1.807) is 0 Å². The van der Waals surface area contributed by atoms with Crippen molar-refractivity contribution in [3.63, 3.8) is 0 Å².